The zero-order valence-corrected chi connectivity index (χ0v) is 15.3. The first kappa shape index (κ1) is 17.9. The molecule has 0 fully saturated rings. The molecule has 0 saturated heterocycles. The number of hydrogen-bond acceptors (Lipinski definition) is 3. The summed E-state index contributed by atoms with van der Waals surface area (Å²) in [6.07, 6.45) is 0. The molecule has 0 atom stereocenters. The minimum atomic E-state index is 0.314. The third-order valence-corrected chi connectivity index (χ3v) is 3.96. The summed E-state index contributed by atoms with van der Waals surface area (Å²) < 4.78 is 10.5. The van der Waals surface area contributed by atoms with Crippen molar-refractivity contribution < 1.29 is 9.47 Å². The Bertz CT molecular complexity index is 741. The number of thiocarbonyl (C=S) groups is 1. The van der Waals surface area contributed by atoms with Crippen molar-refractivity contribution in [2.75, 3.05) is 24.9 Å². The molecule has 0 aliphatic carbocycles. The van der Waals surface area contributed by atoms with Gasteiger partial charge in [0.2, 0.25) is 0 Å². The van der Waals surface area contributed by atoms with Crippen LogP contribution in [0.5, 0.6) is 11.5 Å². The van der Waals surface area contributed by atoms with E-state index in [2.05, 4.69) is 10.6 Å². The maximum absolute atomic E-state index is 6.13. The van der Waals surface area contributed by atoms with Crippen molar-refractivity contribution in [3.8, 4) is 11.5 Å². The summed E-state index contributed by atoms with van der Waals surface area (Å²) in [7, 11) is 3.07. The molecule has 4 nitrogen and oxygen atoms in total. The molecule has 0 radical (unpaired) electrons. The lowest BCUT2D eigenvalue weighted by molar-refractivity contribution is 0.396. The number of rotatable bonds is 4. The lowest BCUT2D eigenvalue weighted by Gasteiger charge is -2.16. The molecule has 2 rings (SSSR count). The van der Waals surface area contributed by atoms with Gasteiger partial charge in [-0.15, -0.1) is 0 Å². The molecule has 0 unspecified atom stereocenters. The van der Waals surface area contributed by atoms with Gasteiger partial charge in [-0.05, 0) is 36.5 Å². The van der Waals surface area contributed by atoms with Crippen molar-refractivity contribution in [3.05, 3.63) is 45.4 Å². The van der Waals surface area contributed by atoms with Crippen LogP contribution in [0.1, 0.15) is 0 Å². The molecule has 0 spiro atoms. The van der Waals surface area contributed by atoms with Crippen molar-refractivity contribution in [2.45, 2.75) is 0 Å². The van der Waals surface area contributed by atoms with Gasteiger partial charge >= 0.3 is 0 Å². The van der Waals surface area contributed by atoms with Crippen LogP contribution in [0.25, 0.3) is 0 Å². The fraction of sp³-hybridized carbons (Fsp3) is 0.133. The first-order valence-electron chi connectivity index (χ1n) is 6.39. The molecule has 0 aliphatic rings. The Morgan fingerprint density at radius 2 is 1.52 bits per heavy atom. The van der Waals surface area contributed by atoms with Gasteiger partial charge in [-0.1, -0.05) is 34.8 Å². The van der Waals surface area contributed by atoms with E-state index < -0.39 is 0 Å². The third kappa shape index (κ3) is 4.54. The predicted molar refractivity (Wildman–Crippen MR) is 101 cm³/mol. The number of nitrogens with one attached hydrogen (secondary N) is 2. The summed E-state index contributed by atoms with van der Waals surface area (Å²) in [6, 6.07) is 8.38. The van der Waals surface area contributed by atoms with Crippen LogP contribution in [0.15, 0.2) is 30.3 Å². The number of benzene rings is 2. The van der Waals surface area contributed by atoms with Crippen molar-refractivity contribution in [3.63, 3.8) is 0 Å². The van der Waals surface area contributed by atoms with Crippen LogP contribution in [-0.2, 0) is 0 Å². The fourth-order valence-electron chi connectivity index (χ4n) is 1.83. The van der Waals surface area contributed by atoms with Gasteiger partial charge in [0, 0.05) is 11.1 Å². The second-order valence-corrected chi connectivity index (χ2v) is 6.05. The molecular weight excluding hydrogens is 379 g/mol. The predicted octanol–water partition coefficient (Wildman–Crippen LogP) is 5.47. The van der Waals surface area contributed by atoms with E-state index >= 15 is 0 Å². The average Bonchev–Trinajstić information content (AvgIpc) is 2.51. The zero-order valence-electron chi connectivity index (χ0n) is 12.2. The Hall–Kier alpha value is -1.40. The van der Waals surface area contributed by atoms with E-state index in [4.69, 9.17) is 56.5 Å². The molecular formula is C15H13Cl3N2O2S. The van der Waals surface area contributed by atoms with Crippen LogP contribution in [-0.4, -0.2) is 19.3 Å². The molecule has 0 heterocycles. The van der Waals surface area contributed by atoms with Crippen molar-refractivity contribution in [1.82, 2.24) is 0 Å². The smallest absolute Gasteiger partial charge is 0.175 e. The van der Waals surface area contributed by atoms with Gasteiger partial charge in [-0.2, -0.15) is 0 Å². The molecule has 0 aliphatic heterocycles. The van der Waals surface area contributed by atoms with Gasteiger partial charge in [0.05, 0.1) is 35.6 Å². The molecule has 23 heavy (non-hydrogen) atoms. The van der Waals surface area contributed by atoms with Crippen molar-refractivity contribution in [2.24, 2.45) is 0 Å². The molecule has 0 saturated carbocycles. The Morgan fingerprint density at radius 3 is 2.17 bits per heavy atom. The Morgan fingerprint density at radius 1 is 0.870 bits per heavy atom. The Kier molecular flexibility index (Phi) is 6.18. The highest BCUT2D eigenvalue weighted by atomic mass is 35.5. The van der Waals surface area contributed by atoms with Crippen LogP contribution in [0.4, 0.5) is 11.4 Å². The number of ether oxygens (including phenoxy) is 2. The standard InChI is InChI=1S/C15H13Cl3N2O2S/c1-21-13-7-14(22-2)12(6-10(13)18)20-15(23)19-11-5-8(16)3-4-9(11)17/h3-7H,1-2H3,(H2,19,20,23). The molecule has 2 N–H and O–H groups in total. The second-order valence-electron chi connectivity index (χ2n) is 4.39. The lowest BCUT2D eigenvalue weighted by Crippen LogP contribution is -2.19. The quantitative estimate of drug-likeness (QED) is 0.676. The van der Waals surface area contributed by atoms with Crippen LogP contribution in [0, 0.1) is 0 Å². The van der Waals surface area contributed by atoms with Gasteiger partial charge in [0.1, 0.15) is 11.5 Å². The molecule has 0 bridgehead atoms. The minimum Gasteiger partial charge on any atom is -0.495 e. The summed E-state index contributed by atoms with van der Waals surface area (Å²) >= 11 is 23.4. The molecule has 2 aromatic carbocycles. The number of hydrogen-bond donors (Lipinski definition) is 2. The van der Waals surface area contributed by atoms with Gasteiger partial charge in [-0.25, -0.2) is 0 Å². The fourth-order valence-corrected chi connectivity index (χ4v) is 2.62. The third-order valence-electron chi connectivity index (χ3n) is 2.90. The van der Waals surface area contributed by atoms with Crippen LogP contribution in [0.3, 0.4) is 0 Å². The molecule has 0 aromatic heterocycles. The van der Waals surface area contributed by atoms with E-state index in [-0.39, 0.29) is 0 Å². The van der Waals surface area contributed by atoms with E-state index in [0.29, 0.717) is 43.1 Å². The minimum absolute atomic E-state index is 0.314. The Labute approximate surface area is 154 Å². The van der Waals surface area contributed by atoms with Gasteiger partial charge in [0.15, 0.2) is 5.11 Å². The average molecular weight is 392 g/mol. The molecule has 0 amide bonds. The SMILES string of the molecule is COc1cc(OC)c(NC(=S)Nc2cc(Cl)ccc2Cl)cc1Cl. The van der Waals surface area contributed by atoms with Gasteiger partial charge < -0.3 is 20.1 Å². The summed E-state index contributed by atoms with van der Waals surface area (Å²) in [6.45, 7) is 0. The lowest BCUT2D eigenvalue weighted by atomic mass is 10.2. The van der Waals surface area contributed by atoms with Crippen LogP contribution < -0.4 is 20.1 Å². The largest absolute Gasteiger partial charge is 0.495 e. The number of anilines is 2. The molecule has 8 heteroatoms. The monoisotopic (exact) mass is 390 g/mol. The normalized spacial score (nSPS) is 10.1. The summed E-state index contributed by atoms with van der Waals surface area (Å²) in [5.41, 5.74) is 1.18. The number of methoxy groups -OCH3 is 2. The Balaban J connectivity index is 2.20. The van der Waals surface area contributed by atoms with Gasteiger partial charge in [0.25, 0.3) is 0 Å². The van der Waals surface area contributed by atoms with E-state index in [0.717, 1.165) is 0 Å². The summed E-state index contributed by atoms with van der Waals surface area (Å²) in [4.78, 5) is 0. The summed E-state index contributed by atoms with van der Waals surface area (Å²) in [5, 5.41) is 7.76. The maximum Gasteiger partial charge on any atom is 0.175 e. The molecule has 2 aromatic rings. The topological polar surface area (TPSA) is 42.5 Å². The second kappa shape index (κ2) is 7.93. The van der Waals surface area contributed by atoms with Crippen LogP contribution >= 0.6 is 47.0 Å². The highest BCUT2D eigenvalue weighted by Crippen LogP contribution is 2.36. The highest BCUT2D eigenvalue weighted by molar-refractivity contribution is 7.80. The number of halogens is 3. The first-order valence-corrected chi connectivity index (χ1v) is 7.93. The van der Waals surface area contributed by atoms with E-state index in [1.165, 1.54) is 14.2 Å². The van der Waals surface area contributed by atoms with E-state index in [1.54, 1.807) is 30.3 Å². The zero-order chi connectivity index (χ0) is 17.0. The molecule has 122 valence electrons. The summed E-state index contributed by atoms with van der Waals surface area (Å²) in [5.74, 6) is 1.04. The van der Waals surface area contributed by atoms with Crippen molar-refractivity contribution in [1.29, 1.82) is 0 Å². The van der Waals surface area contributed by atoms with E-state index in [9.17, 15) is 0 Å². The maximum atomic E-state index is 6.13. The van der Waals surface area contributed by atoms with Gasteiger partial charge in [-0.3, -0.25) is 0 Å². The highest BCUT2D eigenvalue weighted by Gasteiger charge is 2.12. The van der Waals surface area contributed by atoms with Crippen molar-refractivity contribution >= 4 is 63.5 Å². The van der Waals surface area contributed by atoms with Crippen LogP contribution in [0.2, 0.25) is 15.1 Å². The first-order chi connectivity index (χ1) is 10.9. The van der Waals surface area contributed by atoms with E-state index in [1.807, 2.05) is 0 Å².